The van der Waals surface area contributed by atoms with Crippen LogP contribution in [-0.4, -0.2) is 4.57 Å². The number of nitrogens with zero attached hydrogens (tertiary/aromatic N) is 1. The van der Waals surface area contributed by atoms with Gasteiger partial charge in [-0.25, -0.2) is 0 Å². The van der Waals surface area contributed by atoms with E-state index in [1.807, 2.05) is 0 Å². The third-order valence-corrected chi connectivity index (χ3v) is 4.46. The van der Waals surface area contributed by atoms with Crippen molar-refractivity contribution < 1.29 is 0 Å². The van der Waals surface area contributed by atoms with Gasteiger partial charge >= 0.3 is 0 Å². The van der Waals surface area contributed by atoms with Gasteiger partial charge in [0.25, 0.3) is 0 Å². The summed E-state index contributed by atoms with van der Waals surface area (Å²) in [4.78, 5) is 0. The summed E-state index contributed by atoms with van der Waals surface area (Å²) < 4.78 is 2.52. The van der Waals surface area contributed by atoms with Crippen molar-refractivity contribution in [2.24, 2.45) is 5.41 Å². The monoisotopic (exact) mass is 265 g/mol. The molecule has 1 aromatic carbocycles. The van der Waals surface area contributed by atoms with Gasteiger partial charge < -0.3 is 4.57 Å². The molecule has 0 saturated heterocycles. The van der Waals surface area contributed by atoms with Crippen LogP contribution in [0.25, 0.3) is 10.9 Å². The lowest BCUT2D eigenvalue weighted by molar-refractivity contribution is 0.274. The van der Waals surface area contributed by atoms with Gasteiger partial charge in [0, 0.05) is 23.1 Å². The predicted molar refractivity (Wildman–Crippen MR) is 86.4 cm³/mol. The first kappa shape index (κ1) is 13.2. The van der Waals surface area contributed by atoms with E-state index in [4.69, 9.17) is 0 Å². The topological polar surface area (TPSA) is 4.93 Å². The molecular formula is C19H23N. The van der Waals surface area contributed by atoms with Gasteiger partial charge in [-0.2, -0.15) is 0 Å². The van der Waals surface area contributed by atoms with E-state index in [1.165, 1.54) is 35.0 Å². The van der Waals surface area contributed by atoms with Crippen molar-refractivity contribution in [1.29, 1.82) is 0 Å². The number of hydrogen-bond acceptors (Lipinski definition) is 0. The molecule has 1 aromatic heterocycles. The second kappa shape index (κ2) is 4.97. The molecule has 20 heavy (non-hydrogen) atoms. The van der Waals surface area contributed by atoms with Crippen LogP contribution in [0.4, 0.5) is 0 Å². The minimum atomic E-state index is 0.425. The van der Waals surface area contributed by atoms with Crippen LogP contribution >= 0.6 is 0 Å². The lowest BCUT2D eigenvalue weighted by atomic mass is 9.81. The summed E-state index contributed by atoms with van der Waals surface area (Å²) in [7, 11) is 0. The van der Waals surface area contributed by atoms with Gasteiger partial charge in [-0.05, 0) is 36.8 Å². The van der Waals surface area contributed by atoms with Gasteiger partial charge in [-0.1, -0.05) is 56.3 Å². The van der Waals surface area contributed by atoms with Crippen molar-refractivity contribution in [2.75, 3.05) is 0 Å². The minimum Gasteiger partial charge on any atom is -0.344 e. The van der Waals surface area contributed by atoms with Crippen LogP contribution in [0.2, 0.25) is 0 Å². The molecular weight excluding hydrogens is 242 g/mol. The molecule has 1 heteroatoms. The SMILES string of the molecule is Cc1c2n(c3ccccccccc13)CCC(C)(C)C2. The van der Waals surface area contributed by atoms with E-state index in [9.17, 15) is 0 Å². The number of hydrogen-bond donors (Lipinski definition) is 0. The fraction of sp³-hybridized carbons (Fsp3) is 0.368. The Morgan fingerprint density at radius 2 is 1.60 bits per heavy atom. The molecule has 0 saturated carbocycles. The molecule has 1 nitrogen and oxygen atoms in total. The van der Waals surface area contributed by atoms with Crippen LogP contribution in [0.3, 0.4) is 0 Å². The zero-order chi connectivity index (χ0) is 14.2. The van der Waals surface area contributed by atoms with Crippen molar-refractivity contribution in [3.8, 4) is 0 Å². The first-order chi connectivity index (χ1) is 9.58. The Morgan fingerprint density at radius 1 is 0.950 bits per heavy atom. The molecule has 3 rings (SSSR count). The number of aromatic nitrogens is 1. The van der Waals surface area contributed by atoms with Crippen molar-refractivity contribution in [1.82, 2.24) is 4.57 Å². The van der Waals surface area contributed by atoms with Crippen molar-refractivity contribution in [3.05, 3.63) is 59.8 Å². The molecule has 0 fully saturated rings. The highest BCUT2D eigenvalue weighted by molar-refractivity contribution is 5.84. The molecule has 2 heterocycles. The zero-order valence-electron chi connectivity index (χ0n) is 12.7. The largest absolute Gasteiger partial charge is 0.344 e. The number of fused-ring (bicyclic) bond motifs is 3. The fourth-order valence-corrected chi connectivity index (χ4v) is 3.23. The molecule has 0 bridgehead atoms. The average Bonchev–Trinajstić information content (AvgIpc) is 2.66. The van der Waals surface area contributed by atoms with Crippen LogP contribution in [0.15, 0.2) is 48.5 Å². The second-order valence-electron chi connectivity index (χ2n) is 6.60. The Balaban J connectivity index is 2.32. The van der Waals surface area contributed by atoms with Gasteiger partial charge in [-0.3, -0.25) is 0 Å². The summed E-state index contributed by atoms with van der Waals surface area (Å²) in [5.74, 6) is 0. The Hall–Kier alpha value is -1.76. The highest BCUT2D eigenvalue weighted by Crippen LogP contribution is 2.37. The quantitative estimate of drug-likeness (QED) is 0.628. The highest BCUT2D eigenvalue weighted by atomic mass is 15.0. The molecule has 104 valence electrons. The summed E-state index contributed by atoms with van der Waals surface area (Å²) in [6.07, 6.45) is 2.44. The van der Waals surface area contributed by atoms with Crippen molar-refractivity contribution in [2.45, 2.75) is 40.2 Å². The highest BCUT2D eigenvalue weighted by Gasteiger charge is 2.27. The van der Waals surface area contributed by atoms with Gasteiger partial charge in [0.1, 0.15) is 0 Å². The Bertz CT molecular complexity index is 690. The predicted octanol–water partition coefficient (Wildman–Crippen LogP) is 5.05. The Labute approximate surface area is 121 Å². The standard InChI is InChI=1S/C19H23N/c1-15-16-10-8-6-4-5-7-9-11-17(16)20-13-12-19(2,3)14-18(15)20/h4-11H,12-14H2,1-3H3. The number of rotatable bonds is 0. The normalized spacial score (nSPS) is 16.6. The lowest BCUT2D eigenvalue weighted by Crippen LogP contribution is -2.26. The summed E-state index contributed by atoms with van der Waals surface area (Å²) >= 11 is 0. The van der Waals surface area contributed by atoms with Gasteiger partial charge in [0.2, 0.25) is 0 Å². The lowest BCUT2D eigenvalue weighted by Gasteiger charge is -2.31. The third kappa shape index (κ3) is 2.33. The van der Waals surface area contributed by atoms with E-state index in [0.717, 1.165) is 6.54 Å². The zero-order valence-corrected chi connectivity index (χ0v) is 12.7. The van der Waals surface area contributed by atoms with Crippen LogP contribution in [0, 0.1) is 12.3 Å². The molecule has 0 aliphatic carbocycles. The Kier molecular flexibility index (Phi) is 3.29. The minimum absolute atomic E-state index is 0.425. The molecule has 0 radical (unpaired) electrons. The summed E-state index contributed by atoms with van der Waals surface area (Å²) in [5.41, 5.74) is 4.76. The molecule has 0 unspecified atom stereocenters. The molecule has 0 spiro atoms. The van der Waals surface area contributed by atoms with E-state index in [2.05, 4.69) is 73.9 Å². The maximum absolute atomic E-state index is 2.52. The van der Waals surface area contributed by atoms with Gasteiger partial charge in [0.05, 0.1) is 0 Å². The summed E-state index contributed by atoms with van der Waals surface area (Å²) in [6.45, 7) is 8.17. The number of aryl methyl sites for hydroxylation is 2. The van der Waals surface area contributed by atoms with Crippen LogP contribution in [0.1, 0.15) is 31.5 Å². The first-order valence-electron chi connectivity index (χ1n) is 7.48. The third-order valence-electron chi connectivity index (χ3n) is 4.46. The van der Waals surface area contributed by atoms with Crippen LogP contribution < -0.4 is 0 Å². The maximum atomic E-state index is 2.52. The molecule has 0 amide bonds. The van der Waals surface area contributed by atoms with Crippen LogP contribution in [0.5, 0.6) is 0 Å². The van der Waals surface area contributed by atoms with Crippen molar-refractivity contribution >= 4 is 10.9 Å². The van der Waals surface area contributed by atoms with E-state index < -0.39 is 0 Å². The fourth-order valence-electron chi connectivity index (χ4n) is 3.23. The first-order valence-corrected chi connectivity index (χ1v) is 7.48. The van der Waals surface area contributed by atoms with Gasteiger partial charge in [0.15, 0.2) is 0 Å². The van der Waals surface area contributed by atoms with E-state index in [-0.39, 0.29) is 0 Å². The molecule has 0 atom stereocenters. The smallest absolute Gasteiger partial charge is 0.0485 e. The van der Waals surface area contributed by atoms with E-state index in [1.54, 1.807) is 0 Å². The summed E-state index contributed by atoms with van der Waals surface area (Å²) in [5, 5.41) is 1.38. The van der Waals surface area contributed by atoms with Gasteiger partial charge in [-0.15, -0.1) is 0 Å². The Morgan fingerprint density at radius 3 is 2.35 bits per heavy atom. The molecule has 1 aliphatic heterocycles. The second-order valence-corrected chi connectivity index (χ2v) is 6.60. The van der Waals surface area contributed by atoms with E-state index >= 15 is 0 Å². The van der Waals surface area contributed by atoms with E-state index in [0.29, 0.717) is 5.41 Å². The summed E-state index contributed by atoms with van der Waals surface area (Å²) in [6, 6.07) is 17.1. The van der Waals surface area contributed by atoms with Crippen molar-refractivity contribution in [3.63, 3.8) is 0 Å². The average molecular weight is 265 g/mol. The molecule has 2 aromatic rings. The van der Waals surface area contributed by atoms with Crippen LogP contribution in [-0.2, 0) is 13.0 Å². The maximum Gasteiger partial charge on any atom is 0.0485 e. The molecule has 1 aliphatic rings. The molecule has 0 N–H and O–H groups in total.